The summed E-state index contributed by atoms with van der Waals surface area (Å²) >= 11 is 13.4. The third-order valence-electron chi connectivity index (χ3n) is 6.10. The number of halogens is 2. The number of thiazole rings is 1. The van der Waals surface area contributed by atoms with Gasteiger partial charge in [-0.2, -0.15) is 0 Å². The molecule has 8 nitrogen and oxygen atoms in total. The van der Waals surface area contributed by atoms with Crippen molar-refractivity contribution < 1.29 is 23.4 Å². The lowest BCUT2D eigenvalue weighted by Gasteiger charge is -2.24. The molecule has 0 N–H and O–H groups in total. The first-order valence-electron chi connectivity index (χ1n) is 11.7. The maximum absolute atomic E-state index is 13.7. The maximum Gasteiger partial charge on any atom is 0.338 e. The molecular formula is C28H22Cl2N2O6S. The van der Waals surface area contributed by atoms with Crippen molar-refractivity contribution in [2.75, 3.05) is 14.2 Å². The zero-order valence-electron chi connectivity index (χ0n) is 21.1. The van der Waals surface area contributed by atoms with Crippen molar-refractivity contribution in [1.29, 1.82) is 0 Å². The van der Waals surface area contributed by atoms with E-state index >= 15 is 0 Å². The lowest BCUT2D eigenvalue weighted by molar-refractivity contribution is -0.136. The number of methoxy groups -OCH3 is 2. The van der Waals surface area contributed by atoms with E-state index in [9.17, 15) is 9.59 Å². The van der Waals surface area contributed by atoms with Crippen molar-refractivity contribution in [3.05, 3.63) is 113 Å². The minimum atomic E-state index is -0.718. The number of carbonyl (C=O) groups is 1. The second-order valence-corrected chi connectivity index (χ2v) is 10.3. The Labute approximate surface area is 237 Å². The molecule has 0 radical (unpaired) electrons. The molecule has 1 aliphatic heterocycles. The molecule has 0 saturated carbocycles. The fourth-order valence-electron chi connectivity index (χ4n) is 4.22. The summed E-state index contributed by atoms with van der Waals surface area (Å²) in [4.78, 5) is 31.5. The van der Waals surface area contributed by atoms with Gasteiger partial charge in [-0.1, -0.05) is 52.7 Å². The van der Waals surface area contributed by atoms with Crippen LogP contribution in [0.15, 0.2) is 80.1 Å². The van der Waals surface area contributed by atoms with Gasteiger partial charge in [0.15, 0.2) is 4.80 Å². The monoisotopic (exact) mass is 584 g/mol. The highest BCUT2D eigenvalue weighted by atomic mass is 35.5. The van der Waals surface area contributed by atoms with Gasteiger partial charge in [0.05, 0.1) is 41.1 Å². The smallest absolute Gasteiger partial charge is 0.338 e. The van der Waals surface area contributed by atoms with Gasteiger partial charge in [-0.25, -0.2) is 9.79 Å². The summed E-state index contributed by atoms with van der Waals surface area (Å²) in [6.45, 7) is 1.85. The van der Waals surface area contributed by atoms with Crippen LogP contribution in [0.1, 0.15) is 30.0 Å². The molecule has 1 unspecified atom stereocenters. The lowest BCUT2D eigenvalue weighted by atomic mass is 9.96. The van der Waals surface area contributed by atoms with Crippen LogP contribution in [0.25, 0.3) is 6.08 Å². The molecule has 0 saturated heterocycles. The molecule has 0 spiro atoms. The van der Waals surface area contributed by atoms with Crippen LogP contribution in [-0.4, -0.2) is 24.8 Å². The van der Waals surface area contributed by atoms with Gasteiger partial charge in [-0.05, 0) is 48.9 Å². The van der Waals surface area contributed by atoms with Gasteiger partial charge in [-0.15, -0.1) is 0 Å². The molecule has 2 aromatic heterocycles. The maximum atomic E-state index is 13.7. The average molecular weight is 585 g/mol. The fourth-order valence-corrected chi connectivity index (χ4v) is 5.59. The SMILES string of the molecule is COC(=O)C1=C(C)N=c2s/c(=C/c3ccc(COc4cccc(Cl)c4Cl)o3)c(=O)n2C1c1ccc(OC)cc1. The second kappa shape index (κ2) is 11.1. The van der Waals surface area contributed by atoms with Crippen molar-refractivity contribution in [2.24, 2.45) is 4.99 Å². The van der Waals surface area contributed by atoms with E-state index < -0.39 is 12.0 Å². The minimum absolute atomic E-state index is 0.119. The van der Waals surface area contributed by atoms with Crippen LogP contribution < -0.4 is 24.4 Å². The fraction of sp³-hybridized carbons (Fsp3) is 0.179. The van der Waals surface area contributed by atoms with Gasteiger partial charge >= 0.3 is 5.97 Å². The Balaban J connectivity index is 1.51. The van der Waals surface area contributed by atoms with Crippen LogP contribution in [0.3, 0.4) is 0 Å². The molecular weight excluding hydrogens is 563 g/mol. The molecule has 3 heterocycles. The number of allylic oxidation sites excluding steroid dienone is 1. The Hall–Kier alpha value is -3.79. The van der Waals surface area contributed by atoms with Gasteiger partial charge in [0.25, 0.3) is 5.56 Å². The molecule has 0 aliphatic carbocycles. The molecule has 1 atom stereocenters. The van der Waals surface area contributed by atoms with E-state index in [1.165, 1.54) is 23.0 Å². The van der Waals surface area contributed by atoms with E-state index in [0.29, 0.717) is 53.7 Å². The van der Waals surface area contributed by atoms with Crippen molar-refractivity contribution in [3.63, 3.8) is 0 Å². The number of ether oxygens (including phenoxy) is 3. The quantitative estimate of drug-likeness (QED) is 0.287. The summed E-state index contributed by atoms with van der Waals surface area (Å²) < 4.78 is 23.8. The summed E-state index contributed by atoms with van der Waals surface area (Å²) in [5.74, 6) is 1.53. The predicted molar refractivity (Wildman–Crippen MR) is 148 cm³/mol. The molecule has 11 heteroatoms. The number of rotatable bonds is 7. The summed E-state index contributed by atoms with van der Waals surface area (Å²) in [5.41, 5.74) is 1.18. The van der Waals surface area contributed by atoms with Crippen molar-refractivity contribution in [3.8, 4) is 11.5 Å². The highest BCUT2D eigenvalue weighted by molar-refractivity contribution is 7.07. The highest BCUT2D eigenvalue weighted by Gasteiger charge is 2.33. The second-order valence-electron chi connectivity index (χ2n) is 8.49. The molecule has 0 bridgehead atoms. The van der Waals surface area contributed by atoms with E-state index in [2.05, 4.69) is 4.99 Å². The standard InChI is InChI=1S/C28H22Cl2N2O6S/c1-15-23(27(34)36-3)25(16-7-9-17(35-2)10-8-16)32-26(33)22(39-28(32)31-15)13-18-11-12-19(38-18)14-37-21-6-4-5-20(29)24(21)30/h4-13,25H,14H2,1-3H3/b22-13+. The minimum Gasteiger partial charge on any atom is -0.497 e. The third kappa shape index (κ3) is 5.25. The van der Waals surface area contributed by atoms with Gasteiger partial charge < -0.3 is 18.6 Å². The normalized spacial score (nSPS) is 15.1. The van der Waals surface area contributed by atoms with Gasteiger partial charge in [0.1, 0.15) is 34.6 Å². The Morgan fingerprint density at radius 3 is 2.62 bits per heavy atom. The van der Waals surface area contributed by atoms with E-state index in [-0.39, 0.29) is 12.2 Å². The number of hydrogen-bond acceptors (Lipinski definition) is 8. The number of benzene rings is 2. The number of hydrogen-bond donors (Lipinski definition) is 0. The van der Waals surface area contributed by atoms with E-state index in [0.717, 1.165) is 5.56 Å². The van der Waals surface area contributed by atoms with Crippen LogP contribution in [0.2, 0.25) is 10.0 Å². The predicted octanol–water partition coefficient (Wildman–Crippen LogP) is 4.90. The average Bonchev–Trinajstić information content (AvgIpc) is 3.51. The largest absolute Gasteiger partial charge is 0.497 e. The van der Waals surface area contributed by atoms with Gasteiger partial charge in [0, 0.05) is 6.08 Å². The van der Waals surface area contributed by atoms with Crippen LogP contribution >= 0.6 is 34.5 Å². The Kier molecular flexibility index (Phi) is 7.65. The zero-order valence-corrected chi connectivity index (χ0v) is 23.4. The molecule has 5 rings (SSSR count). The van der Waals surface area contributed by atoms with Gasteiger partial charge in [-0.3, -0.25) is 9.36 Å². The molecule has 0 fully saturated rings. The Bertz CT molecular complexity index is 1770. The Morgan fingerprint density at radius 2 is 1.90 bits per heavy atom. The van der Waals surface area contributed by atoms with E-state index in [1.807, 2.05) is 12.1 Å². The van der Waals surface area contributed by atoms with Gasteiger partial charge in [0.2, 0.25) is 0 Å². The van der Waals surface area contributed by atoms with Crippen LogP contribution in [0.5, 0.6) is 11.5 Å². The van der Waals surface area contributed by atoms with Crippen molar-refractivity contribution >= 4 is 46.6 Å². The van der Waals surface area contributed by atoms with E-state index in [4.69, 9.17) is 41.8 Å². The molecule has 1 aliphatic rings. The summed E-state index contributed by atoms with van der Waals surface area (Å²) in [6.07, 6.45) is 1.64. The zero-order chi connectivity index (χ0) is 27.7. The molecule has 200 valence electrons. The molecule has 2 aromatic carbocycles. The van der Waals surface area contributed by atoms with Crippen LogP contribution in [0.4, 0.5) is 0 Å². The highest BCUT2D eigenvalue weighted by Crippen LogP contribution is 2.33. The number of aromatic nitrogens is 1. The third-order valence-corrected chi connectivity index (χ3v) is 7.88. The van der Waals surface area contributed by atoms with Crippen molar-refractivity contribution in [2.45, 2.75) is 19.6 Å². The van der Waals surface area contributed by atoms with Crippen LogP contribution in [0, 0.1) is 0 Å². The lowest BCUT2D eigenvalue weighted by Crippen LogP contribution is -2.39. The topological polar surface area (TPSA) is 92.3 Å². The Morgan fingerprint density at radius 1 is 1.13 bits per heavy atom. The molecule has 39 heavy (non-hydrogen) atoms. The number of esters is 1. The summed E-state index contributed by atoms with van der Waals surface area (Å²) in [5, 5.41) is 0.711. The number of furan rings is 1. The summed E-state index contributed by atoms with van der Waals surface area (Å²) in [6, 6.07) is 15.1. The van der Waals surface area contributed by atoms with E-state index in [1.54, 1.807) is 62.6 Å². The van der Waals surface area contributed by atoms with Crippen molar-refractivity contribution in [1.82, 2.24) is 4.57 Å². The first-order chi connectivity index (χ1) is 18.8. The number of nitrogens with zero attached hydrogens (tertiary/aromatic N) is 2. The first-order valence-corrected chi connectivity index (χ1v) is 13.3. The molecule has 4 aromatic rings. The van der Waals surface area contributed by atoms with Crippen LogP contribution in [-0.2, 0) is 16.1 Å². The first kappa shape index (κ1) is 26.8. The number of carbonyl (C=O) groups excluding carboxylic acids is 1. The number of fused-ring (bicyclic) bond motifs is 1. The summed E-state index contributed by atoms with van der Waals surface area (Å²) in [7, 11) is 2.87. The molecule has 0 amide bonds.